The molecule has 12 nitrogen and oxygen atoms in total. The normalized spacial score (nSPS) is 11.0. The van der Waals surface area contributed by atoms with E-state index in [-0.39, 0.29) is 29.5 Å². The fourth-order valence-corrected chi connectivity index (χ4v) is 9.60. The van der Waals surface area contributed by atoms with Crippen LogP contribution in [0.5, 0.6) is 5.75 Å². The van der Waals surface area contributed by atoms with Crippen LogP contribution in [0.2, 0.25) is 0 Å². The predicted molar refractivity (Wildman–Crippen MR) is 343 cm³/mol. The van der Waals surface area contributed by atoms with Gasteiger partial charge in [0.15, 0.2) is 0 Å². The Kier molecular flexibility index (Phi) is 34.5. The molecule has 0 spiro atoms. The second-order valence-corrected chi connectivity index (χ2v) is 24.6. The molecule has 0 radical (unpaired) electrons. The van der Waals surface area contributed by atoms with Crippen molar-refractivity contribution < 1.29 is 32.3 Å². The van der Waals surface area contributed by atoms with E-state index in [1.807, 2.05) is 102 Å². The SMILES string of the molecule is CCCN(CCC)C(=O)c1cc(C(C)C)cc(N(C)S(C)(=O)=O)c1.CCCN(CCC)C(=O)c1cc(C)cc(C(C)C)c1.CCCN(CCC)C(=O)c1cc(OC)cc(C(C)C)c1.CCCN(CCC)C(=O)c1cccc(C(C)C)c1. The van der Waals surface area contributed by atoms with Gasteiger partial charge in [-0.2, -0.15) is 0 Å². The van der Waals surface area contributed by atoms with E-state index in [1.165, 1.54) is 28.0 Å². The lowest BCUT2D eigenvalue weighted by Gasteiger charge is -2.24. The maximum absolute atomic E-state index is 12.9. The number of anilines is 1. The van der Waals surface area contributed by atoms with Crippen LogP contribution in [0.4, 0.5) is 5.69 Å². The van der Waals surface area contributed by atoms with E-state index < -0.39 is 10.0 Å². The van der Waals surface area contributed by atoms with Gasteiger partial charge in [0, 0.05) is 81.7 Å². The van der Waals surface area contributed by atoms with Crippen LogP contribution in [0, 0.1) is 6.92 Å². The maximum atomic E-state index is 12.9. The Bertz CT molecular complexity index is 2600. The van der Waals surface area contributed by atoms with Crippen molar-refractivity contribution in [3.8, 4) is 5.75 Å². The third-order valence-electron chi connectivity index (χ3n) is 13.7. The first kappa shape index (κ1) is 73.3. The summed E-state index contributed by atoms with van der Waals surface area (Å²) in [6, 6.07) is 25.5. The van der Waals surface area contributed by atoms with Gasteiger partial charge < -0.3 is 24.3 Å². The lowest BCUT2D eigenvalue weighted by atomic mass is 9.97. The smallest absolute Gasteiger partial charge is 0.253 e. The second kappa shape index (κ2) is 38.2. The Hall–Kier alpha value is -5.69. The van der Waals surface area contributed by atoms with Gasteiger partial charge in [-0.25, -0.2) is 8.42 Å². The van der Waals surface area contributed by atoms with Gasteiger partial charge in [-0.3, -0.25) is 23.5 Å². The summed E-state index contributed by atoms with van der Waals surface area (Å²) in [6.45, 7) is 42.2. The van der Waals surface area contributed by atoms with Crippen LogP contribution in [0.3, 0.4) is 0 Å². The predicted octanol–water partition coefficient (Wildman–Crippen LogP) is 16.0. The number of benzene rings is 4. The number of ether oxygens (including phenoxy) is 1. The van der Waals surface area contributed by atoms with Crippen LogP contribution in [0.25, 0.3) is 0 Å². The quantitative estimate of drug-likeness (QED) is 0.0582. The van der Waals surface area contributed by atoms with Crippen LogP contribution in [0.15, 0.2) is 78.9 Å². The summed E-state index contributed by atoms with van der Waals surface area (Å²) in [5, 5.41) is 0. The zero-order valence-electron chi connectivity index (χ0n) is 54.1. The first-order valence-corrected chi connectivity index (χ1v) is 32.2. The van der Waals surface area contributed by atoms with Crippen molar-refractivity contribution >= 4 is 39.3 Å². The number of hydrogen-bond donors (Lipinski definition) is 0. The minimum Gasteiger partial charge on any atom is -0.497 e. The van der Waals surface area contributed by atoms with Gasteiger partial charge in [0.2, 0.25) is 10.0 Å². The summed E-state index contributed by atoms with van der Waals surface area (Å²) in [5.41, 5.74) is 9.21. The molecule has 4 aromatic rings. The van der Waals surface area contributed by atoms with Crippen LogP contribution >= 0.6 is 0 Å². The van der Waals surface area contributed by atoms with E-state index in [9.17, 15) is 27.6 Å². The Balaban J connectivity index is 0.000000543. The second-order valence-electron chi connectivity index (χ2n) is 22.6. The van der Waals surface area contributed by atoms with E-state index in [4.69, 9.17) is 4.74 Å². The number of hydrogen-bond acceptors (Lipinski definition) is 7. The van der Waals surface area contributed by atoms with Gasteiger partial charge in [-0.15, -0.1) is 0 Å². The molecular formula is C68H109N5O7S. The van der Waals surface area contributed by atoms with Crippen molar-refractivity contribution in [2.75, 3.05) is 77.1 Å². The average molecular weight is 1140 g/mol. The molecule has 0 unspecified atom stereocenters. The fourth-order valence-electron chi connectivity index (χ4n) is 9.11. The highest BCUT2D eigenvalue weighted by Gasteiger charge is 2.22. The molecule has 0 heterocycles. The Morgan fingerprint density at radius 2 is 0.728 bits per heavy atom. The summed E-state index contributed by atoms with van der Waals surface area (Å²) in [4.78, 5) is 58.2. The van der Waals surface area contributed by atoms with Crippen LogP contribution in [-0.2, 0) is 10.0 Å². The van der Waals surface area contributed by atoms with Crippen molar-refractivity contribution in [1.29, 1.82) is 0 Å². The van der Waals surface area contributed by atoms with Crippen molar-refractivity contribution in [3.05, 3.63) is 129 Å². The Morgan fingerprint density at radius 1 is 0.420 bits per heavy atom. The van der Waals surface area contributed by atoms with Gasteiger partial charge in [-0.1, -0.05) is 135 Å². The number of aryl methyl sites for hydroxylation is 1. The molecule has 0 bridgehead atoms. The third kappa shape index (κ3) is 25.1. The molecule has 0 N–H and O–H groups in total. The van der Waals surface area contributed by atoms with E-state index in [0.717, 1.165) is 130 Å². The van der Waals surface area contributed by atoms with Crippen LogP contribution in [0.1, 0.15) is 255 Å². The van der Waals surface area contributed by atoms with Crippen LogP contribution in [-0.4, -0.2) is 124 Å². The lowest BCUT2D eigenvalue weighted by molar-refractivity contribution is 0.0748. The molecule has 0 aliphatic rings. The van der Waals surface area contributed by atoms with E-state index >= 15 is 0 Å². The number of amides is 4. The highest BCUT2D eigenvalue weighted by Crippen LogP contribution is 2.27. The Morgan fingerprint density at radius 3 is 1.06 bits per heavy atom. The highest BCUT2D eigenvalue weighted by atomic mass is 32.2. The summed E-state index contributed by atoms with van der Waals surface area (Å²) in [6.07, 6.45) is 8.95. The molecule has 0 aromatic heterocycles. The van der Waals surface area contributed by atoms with Gasteiger partial charge >= 0.3 is 0 Å². The minimum atomic E-state index is -3.37. The summed E-state index contributed by atoms with van der Waals surface area (Å²) in [7, 11) is -0.218. The largest absolute Gasteiger partial charge is 0.497 e. The summed E-state index contributed by atoms with van der Waals surface area (Å²) in [5.74, 6) is 2.67. The number of methoxy groups -OCH3 is 1. The zero-order chi connectivity index (χ0) is 61.6. The molecule has 0 fully saturated rings. The standard InChI is InChI=1S/C18H30N2O3S.C17H27NO2.C17H27NO.C16H25NO/c1-7-9-20(10-8-2)18(21)16-11-15(14(3)4)12-17(13-16)19(5)24(6,22)23;1-6-8-18(9-7-2)17(19)15-10-14(13(3)4)11-16(12-15)20-5;1-6-8-18(9-7-2)17(19)16-11-14(5)10-15(12-16)13(3)4;1-5-10-17(11-6-2)16(18)15-9-7-8-14(12-15)13(3)4/h11-14H,7-10H2,1-6H3;10-13H,6-9H2,1-5H3;10-13H,6-9H2,1-5H3;7-9,12-13H,5-6,10-11H2,1-4H3. The topological polar surface area (TPSA) is 128 Å². The van der Waals surface area contributed by atoms with Gasteiger partial charge in [0.25, 0.3) is 23.6 Å². The van der Waals surface area contributed by atoms with E-state index in [2.05, 4.69) is 108 Å². The molecular weight excluding hydrogens is 1030 g/mol. The van der Waals surface area contributed by atoms with Crippen molar-refractivity contribution in [3.63, 3.8) is 0 Å². The van der Waals surface area contributed by atoms with E-state index in [0.29, 0.717) is 42.1 Å². The molecule has 81 heavy (non-hydrogen) atoms. The molecule has 13 heteroatoms. The van der Waals surface area contributed by atoms with Crippen LogP contribution < -0.4 is 9.04 Å². The van der Waals surface area contributed by atoms with Gasteiger partial charge in [0.1, 0.15) is 5.75 Å². The third-order valence-corrected chi connectivity index (χ3v) is 14.9. The molecule has 0 saturated heterocycles. The monoisotopic (exact) mass is 1140 g/mol. The average Bonchev–Trinajstić information content (AvgIpc) is 3.43. The number of rotatable bonds is 27. The number of carbonyl (C=O) groups is 4. The molecule has 4 amide bonds. The lowest BCUT2D eigenvalue weighted by Crippen LogP contribution is -2.33. The molecule has 0 aliphatic carbocycles. The first-order chi connectivity index (χ1) is 38.2. The summed E-state index contributed by atoms with van der Waals surface area (Å²) < 4.78 is 30.3. The molecule has 454 valence electrons. The number of carbonyl (C=O) groups excluding carboxylic acids is 4. The van der Waals surface area contributed by atoms with E-state index in [1.54, 1.807) is 13.2 Å². The molecule has 4 aromatic carbocycles. The highest BCUT2D eigenvalue weighted by molar-refractivity contribution is 7.92. The fraction of sp³-hybridized carbons (Fsp3) is 0.588. The van der Waals surface area contributed by atoms with Crippen molar-refractivity contribution in [1.82, 2.24) is 19.6 Å². The molecule has 0 saturated carbocycles. The van der Waals surface area contributed by atoms with Gasteiger partial charge in [0.05, 0.1) is 19.1 Å². The van der Waals surface area contributed by atoms with Crippen molar-refractivity contribution in [2.24, 2.45) is 0 Å². The van der Waals surface area contributed by atoms with Crippen molar-refractivity contribution in [2.45, 2.75) is 193 Å². The number of sulfonamides is 1. The summed E-state index contributed by atoms with van der Waals surface area (Å²) >= 11 is 0. The molecule has 4 rings (SSSR count). The minimum absolute atomic E-state index is 0.0376. The molecule has 0 atom stereocenters. The molecule has 0 aliphatic heterocycles. The first-order valence-electron chi connectivity index (χ1n) is 30.4. The number of nitrogens with zero attached hydrogens (tertiary/aromatic N) is 5. The zero-order valence-corrected chi connectivity index (χ0v) is 54.9. The maximum Gasteiger partial charge on any atom is 0.253 e. The van der Waals surface area contributed by atoms with Gasteiger partial charge in [-0.05, 0) is 165 Å². The Labute approximate surface area is 493 Å².